The lowest BCUT2D eigenvalue weighted by atomic mass is 9.90. The summed E-state index contributed by atoms with van der Waals surface area (Å²) in [5.74, 6) is 2.36. The van der Waals surface area contributed by atoms with Crippen LogP contribution in [0.1, 0.15) is 49.2 Å². The van der Waals surface area contributed by atoms with E-state index in [1.807, 2.05) is 13.0 Å². The smallest absolute Gasteiger partial charge is 0.248 e. The van der Waals surface area contributed by atoms with Crippen molar-refractivity contribution in [2.45, 2.75) is 45.4 Å². The Bertz CT molecular complexity index is 717. The molecule has 0 unspecified atom stereocenters. The molecule has 1 N–H and O–H groups in total. The Morgan fingerprint density at radius 2 is 2.04 bits per heavy atom. The average Bonchev–Trinajstić information content (AvgIpc) is 2.55. The van der Waals surface area contributed by atoms with Crippen LogP contribution >= 0.6 is 0 Å². The monoisotopic (exact) mass is 312 g/mol. The van der Waals surface area contributed by atoms with Crippen LogP contribution in [0.3, 0.4) is 0 Å². The van der Waals surface area contributed by atoms with Gasteiger partial charge in [0.1, 0.15) is 11.6 Å². The number of H-pyrrole nitrogens is 1. The van der Waals surface area contributed by atoms with Gasteiger partial charge in [0.2, 0.25) is 5.56 Å². The molecule has 0 atom stereocenters. The molecule has 0 bridgehead atoms. The molecule has 0 saturated carbocycles. The van der Waals surface area contributed by atoms with Crippen molar-refractivity contribution in [3.8, 4) is 0 Å². The van der Waals surface area contributed by atoms with Crippen molar-refractivity contribution in [3.63, 3.8) is 0 Å². The van der Waals surface area contributed by atoms with Crippen molar-refractivity contribution in [1.29, 1.82) is 0 Å². The van der Waals surface area contributed by atoms with Gasteiger partial charge in [-0.15, -0.1) is 0 Å². The van der Waals surface area contributed by atoms with E-state index in [0.29, 0.717) is 5.92 Å². The standard InChI is InChI=1S/C18H24N4O/c1-3-4-16-12-17(21-13(2)20-16)22-9-6-14(7-10-22)15-5-8-19-18(23)11-15/h5,8,11-12,14H,3-4,6-7,9-10H2,1-2H3,(H,19,23). The van der Waals surface area contributed by atoms with Gasteiger partial charge in [-0.2, -0.15) is 0 Å². The Labute approximate surface area is 136 Å². The maximum absolute atomic E-state index is 11.5. The molecular formula is C18H24N4O. The molecule has 0 radical (unpaired) electrons. The minimum Gasteiger partial charge on any atom is -0.356 e. The summed E-state index contributed by atoms with van der Waals surface area (Å²) in [4.78, 5) is 25.6. The van der Waals surface area contributed by atoms with Crippen molar-refractivity contribution in [1.82, 2.24) is 15.0 Å². The number of hydrogen-bond donors (Lipinski definition) is 1. The summed E-state index contributed by atoms with van der Waals surface area (Å²) >= 11 is 0. The Morgan fingerprint density at radius 1 is 1.26 bits per heavy atom. The number of piperidine rings is 1. The first kappa shape index (κ1) is 15.7. The molecule has 5 nitrogen and oxygen atoms in total. The SMILES string of the molecule is CCCc1cc(N2CCC(c3cc[nH]c(=O)c3)CC2)nc(C)n1. The molecule has 122 valence electrons. The predicted octanol–water partition coefficient (Wildman–Crippen LogP) is 2.81. The molecule has 1 saturated heterocycles. The van der Waals surface area contributed by atoms with Crippen LogP contribution in [0.5, 0.6) is 0 Å². The lowest BCUT2D eigenvalue weighted by Gasteiger charge is -2.33. The van der Waals surface area contributed by atoms with Crippen LogP contribution in [0, 0.1) is 6.92 Å². The number of rotatable bonds is 4. The van der Waals surface area contributed by atoms with E-state index in [9.17, 15) is 4.79 Å². The first-order valence-corrected chi connectivity index (χ1v) is 8.44. The van der Waals surface area contributed by atoms with Crippen LogP contribution in [-0.4, -0.2) is 28.0 Å². The van der Waals surface area contributed by atoms with Crippen LogP contribution in [0.25, 0.3) is 0 Å². The second kappa shape index (κ2) is 6.94. The van der Waals surface area contributed by atoms with Crippen molar-refractivity contribution >= 4 is 5.82 Å². The second-order valence-electron chi connectivity index (χ2n) is 6.26. The number of hydrogen-bond acceptors (Lipinski definition) is 4. The van der Waals surface area contributed by atoms with E-state index in [-0.39, 0.29) is 5.56 Å². The molecule has 1 fully saturated rings. The number of aryl methyl sites for hydroxylation is 2. The van der Waals surface area contributed by atoms with E-state index >= 15 is 0 Å². The van der Waals surface area contributed by atoms with Gasteiger partial charge in [0.15, 0.2) is 0 Å². The Hall–Kier alpha value is -2.17. The molecule has 0 amide bonds. The first-order valence-electron chi connectivity index (χ1n) is 8.44. The van der Waals surface area contributed by atoms with E-state index < -0.39 is 0 Å². The molecule has 2 aromatic rings. The van der Waals surface area contributed by atoms with Gasteiger partial charge in [-0.3, -0.25) is 4.79 Å². The number of anilines is 1. The molecular weight excluding hydrogens is 288 g/mol. The third-order valence-electron chi connectivity index (χ3n) is 4.47. The fraction of sp³-hybridized carbons (Fsp3) is 0.500. The highest BCUT2D eigenvalue weighted by Gasteiger charge is 2.22. The minimum absolute atomic E-state index is 0.0134. The van der Waals surface area contributed by atoms with E-state index in [4.69, 9.17) is 0 Å². The lowest BCUT2D eigenvalue weighted by Crippen LogP contribution is -2.34. The van der Waals surface area contributed by atoms with Crippen LogP contribution in [0.2, 0.25) is 0 Å². The number of aromatic nitrogens is 3. The highest BCUT2D eigenvalue weighted by atomic mass is 16.1. The molecule has 1 aliphatic heterocycles. The van der Waals surface area contributed by atoms with E-state index in [2.05, 4.69) is 32.8 Å². The summed E-state index contributed by atoms with van der Waals surface area (Å²) in [5, 5.41) is 0. The van der Waals surface area contributed by atoms with Gasteiger partial charge in [0.25, 0.3) is 0 Å². The molecule has 0 aliphatic carbocycles. The van der Waals surface area contributed by atoms with Crippen LogP contribution in [0.15, 0.2) is 29.2 Å². The van der Waals surface area contributed by atoms with Crippen molar-refractivity contribution in [2.75, 3.05) is 18.0 Å². The van der Waals surface area contributed by atoms with Gasteiger partial charge in [0, 0.05) is 37.1 Å². The largest absolute Gasteiger partial charge is 0.356 e. The molecule has 2 aromatic heterocycles. The first-order chi connectivity index (χ1) is 11.2. The van der Waals surface area contributed by atoms with Crippen molar-refractivity contribution in [2.24, 2.45) is 0 Å². The van der Waals surface area contributed by atoms with E-state index in [1.54, 1.807) is 12.3 Å². The number of nitrogens with zero attached hydrogens (tertiary/aromatic N) is 3. The van der Waals surface area contributed by atoms with Crippen molar-refractivity contribution < 1.29 is 0 Å². The van der Waals surface area contributed by atoms with Gasteiger partial charge >= 0.3 is 0 Å². The zero-order valence-electron chi connectivity index (χ0n) is 13.9. The van der Waals surface area contributed by atoms with Gasteiger partial charge in [-0.1, -0.05) is 13.3 Å². The van der Waals surface area contributed by atoms with Crippen molar-refractivity contribution in [3.05, 3.63) is 51.8 Å². The number of aromatic amines is 1. The predicted molar refractivity (Wildman–Crippen MR) is 92.0 cm³/mol. The highest BCUT2D eigenvalue weighted by molar-refractivity contribution is 5.41. The fourth-order valence-corrected chi connectivity index (χ4v) is 3.32. The Balaban J connectivity index is 1.70. The number of pyridine rings is 1. The summed E-state index contributed by atoms with van der Waals surface area (Å²) in [6.45, 7) is 6.08. The molecule has 23 heavy (non-hydrogen) atoms. The number of nitrogens with one attached hydrogen (secondary N) is 1. The third kappa shape index (κ3) is 3.78. The fourth-order valence-electron chi connectivity index (χ4n) is 3.32. The quantitative estimate of drug-likeness (QED) is 0.943. The average molecular weight is 312 g/mol. The summed E-state index contributed by atoms with van der Waals surface area (Å²) < 4.78 is 0. The molecule has 3 heterocycles. The van der Waals surface area contributed by atoms with Gasteiger partial charge in [-0.25, -0.2) is 9.97 Å². The molecule has 0 spiro atoms. The van der Waals surface area contributed by atoms with Gasteiger partial charge in [-0.05, 0) is 43.7 Å². The molecule has 5 heteroatoms. The second-order valence-corrected chi connectivity index (χ2v) is 6.26. The van der Waals surface area contributed by atoms with Crippen LogP contribution in [-0.2, 0) is 6.42 Å². The maximum atomic E-state index is 11.5. The summed E-state index contributed by atoms with van der Waals surface area (Å²) in [6.07, 6.45) is 5.94. The summed E-state index contributed by atoms with van der Waals surface area (Å²) in [7, 11) is 0. The van der Waals surface area contributed by atoms with Gasteiger partial charge in [0.05, 0.1) is 0 Å². The highest BCUT2D eigenvalue weighted by Crippen LogP contribution is 2.29. The zero-order chi connectivity index (χ0) is 16.2. The Kier molecular flexibility index (Phi) is 4.74. The summed E-state index contributed by atoms with van der Waals surface area (Å²) in [6, 6.07) is 5.88. The topological polar surface area (TPSA) is 61.9 Å². The Morgan fingerprint density at radius 3 is 2.74 bits per heavy atom. The van der Waals surface area contributed by atoms with E-state index in [1.165, 1.54) is 0 Å². The molecule has 3 rings (SSSR count). The van der Waals surface area contributed by atoms with Crippen LogP contribution < -0.4 is 10.5 Å². The van der Waals surface area contributed by atoms with E-state index in [0.717, 1.165) is 61.7 Å². The summed E-state index contributed by atoms with van der Waals surface area (Å²) in [5.41, 5.74) is 2.27. The maximum Gasteiger partial charge on any atom is 0.248 e. The van der Waals surface area contributed by atoms with Crippen LogP contribution in [0.4, 0.5) is 5.82 Å². The normalized spacial score (nSPS) is 15.8. The molecule has 1 aliphatic rings. The lowest BCUT2D eigenvalue weighted by molar-refractivity contribution is 0.501. The minimum atomic E-state index is -0.0134. The van der Waals surface area contributed by atoms with Gasteiger partial charge < -0.3 is 9.88 Å². The molecule has 0 aromatic carbocycles. The third-order valence-corrected chi connectivity index (χ3v) is 4.47. The zero-order valence-corrected chi connectivity index (χ0v) is 13.9.